The molecule has 0 bridgehead atoms. The zero-order valence-corrected chi connectivity index (χ0v) is 33.4. The highest BCUT2D eigenvalue weighted by atomic mass is 16.3. The van der Waals surface area contributed by atoms with Gasteiger partial charge in [0, 0.05) is 33.1 Å². The van der Waals surface area contributed by atoms with Crippen LogP contribution in [0.1, 0.15) is 112 Å². The van der Waals surface area contributed by atoms with Crippen LogP contribution in [-0.4, -0.2) is 0 Å². The first kappa shape index (κ1) is 34.6. The Bertz CT molecular complexity index is 2770. The SMILES string of the molecule is CC1(C)c2ccccc2-c2cc(N(c3cc(C4CCCCC4)cc(C4CCCCC4)c3)c3ccc4ccccc4c3-c3ccc4oc5ccccc5c4c3)ccc21. The smallest absolute Gasteiger partial charge is 0.135 e. The predicted octanol–water partition coefficient (Wildman–Crippen LogP) is 16.3. The van der Waals surface area contributed by atoms with Crippen molar-refractivity contribution in [3.8, 4) is 22.3 Å². The summed E-state index contributed by atoms with van der Waals surface area (Å²) >= 11 is 0. The molecule has 1 aromatic heterocycles. The molecule has 0 N–H and O–H groups in total. The van der Waals surface area contributed by atoms with E-state index in [1.54, 1.807) is 11.1 Å². The van der Waals surface area contributed by atoms with E-state index in [0.717, 1.165) is 21.9 Å². The fourth-order valence-electron chi connectivity index (χ4n) is 11.0. The minimum Gasteiger partial charge on any atom is -0.456 e. The van der Waals surface area contributed by atoms with E-state index in [0.29, 0.717) is 11.8 Å². The Kier molecular flexibility index (Phi) is 8.39. The summed E-state index contributed by atoms with van der Waals surface area (Å²) in [6.45, 7) is 4.77. The van der Waals surface area contributed by atoms with Gasteiger partial charge >= 0.3 is 0 Å². The summed E-state index contributed by atoms with van der Waals surface area (Å²) in [5.41, 5.74) is 16.6. The van der Waals surface area contributed by atoms with Crippen LogP contribution in [0.3, 0.4) is 0 Å². The maximum atomic E-state index is 6.37. The molecular weight excluding hydrogens is 691 g/mol. The zero-order valence-electron chi connectivity index (χ0n) is 33.4. The van der Waals surface area contributed by atoms with Gasteiger partial charge in [0.15, 0.2) is 0 Å². The summed E-state index contributed by atoms with van der Waals surface area (Å²) < 4.78 is 6.37. The molecule has 0 atom stereocenters. The normalized spacial score (nSPS) is 16.9. The van der Waals surface area contributed by atoms with E-state index in [4.69, 9.17) is 4.42 Å². The van der Waals surface area contributed by atoms with Crippen LogP contribution >= 0.6 is 0 Å². The monoisotopic (exact) mass is 741 g/mol. The van der Waals surface area contributed by atoms with Gasteiger partial charge in [-0.25, -0.2) is 0 Å². The number of para-hydroxylation sites is 1. The topological polar surface area (TPSA) is 16.4 Å². The number of benzene rings is 7. The maximum absolute atomic E-state index is 6.37. The summed E-state index contributed by atoms with van der Waals surface area (Å²) in [5.74, 6) is 1.23. The molecule has 0 saturated heterocycles. The van der Waals surface area contributed by atoms with E-state index in [2.05, 4.69) is 158 Å². The fraction of sp³-hybridized carbons (Fsp3) is 0.273. The van der Waals surface area contributed by atoms with Crippen molar-refractivity contribution in [2.24, 2.45) is 0 Å². The van der Waals surface area contributed by atoms with E-state index < -0.39 is 0 Å². The van der Waals surface area contributed by atoms with E-state index in [1.807, 2.05) is 0 Å². The Balaban J connectivity index is 1.19. The molecule has 2 heteroatoms. The molecule has 2 fully saturated rings. The summed E-state index contributed by atoms with van der Waals surface area (Å²) in [5, 5.41) is 4.82. The van der Waals surface area contributed by atoms with Crippen LogP contribution in [0.15, 0.2) is 144 Å². The number of rotatable bonds is 6. The Morgan fingerprint density at radius 2 is 1.14 bits per heavy atom. The largest absolute Gasteiger partial charge is 0.456 e. The van der Waals surface area contributed by atoms with Crippen LogP contribution in [0.5, 0.6) is 0 Å². The van der Waals surface area contributed by atoms with Crippen LogP contribution in [-0.2, 0) is 5.41 Å². The lowest BCUT2D eigenvalue weighted by atomic mass is 9.79. The molecule has 7 aromatic carbocycles. The van der Waals surface area contributed by atoms with Gasteiger partial charge in [0.05, 0.1) is 5.69 Å². The summed E-state index contributed by atoms with van der Waals surface area (Å²) in [6.07, 6.45) is 13.2. The molecule has 8 aromatic rings. The molecule has 57 heavy (non-hydrogen) atoms. The molecule has 0 amide bonds. The molecule has 11 rings (SSSR count). The number of hydrogen-bond donors (Lipinski definition) is 0. The first-order chi connectivity index (χ1) is 28.0. The van der Waals surface area contributed by atoms with Crippen LogP contribution in [0.2, 0.25) is 0 Å². The van der Waals surface area contributed by atoms with Crippen molar-refractivity contribution in [3.63, 3.8) is 0 Å². The van der Waals surface area contributed by atoms with Crippen molar-refractivity contribution in [2.75, 3.05) is 4.90 Å². The van der Waals surface area contributed by atoms with Crippen LogP contribution in [0.4, 0.5) is 17.1 Å². The Morgan fingerprint density at radius 1 is 0.491 bits per heavy atom. The molecule has 3 aliphatic carbocycles. The zero-order chi connectivity index (χ0) is 38.1. The molecular formula is C55H51NO. The number of anilines is 3. The van der Waals surface area contributed by atoms with E-state index in [-0.39, 0.29) is 5.41 Å². The molecule has 3 aliphatic rings. The van der Waals surface area contributed by atoms with Crippen molar-refractivity contribution in [1.82, 2.24) is 0 Å². The van der Waals surface area contributed by atoms with Gasteiger partial charge in [-0.2, -0.15) is 0 Å². The number of hydrogen-bond acceptors (Lipinski definition) is 2. The molecule has 2 saturated carbocycles. The lowest BCUT2D eigenvalue weighted by Crippen LogP contribution is -2.16. The second kappa shape index (κ2) is 13.8. The summed E-state index contributed by atoms with van der Waals surface area (Å²) in [7, 11) is 0. The molecule has 0 unspecified atom stereocenters. The fourth-order valence-corrected chi connectivity index (χ4v) is 11.0. The van der Waals surface area contributed by atoms with Crippen molar-refractivity contribution < 1.29 is 4.42 Å². The second-order valence-electron chi connectivity index (χ2n) is 17.8. The average Bonchev–Trinajstić information content (AvgIpc) is 3.75. The van der Waals surface area contributed by atoms with E-state index in [1.165, 1.54) is 125 Å². The number of furan rings is 1. The minimum atomic E-state index is -0.0543. The highest BCUT2D eigenvalue weighted by Crippen LogP contribution is 2.53. The van der Waals surface area contributed by atoms with Crippen LogP contribution < -0.4 is 4.90 Å². The van der Waals surface area contributed by atoms with Gasteiger partial charge in [-0.3, -0.25) is 0 Å². The lowest BCUT2D eigenvalue weighted by Gasteiger charge is -2.33. The lowest BCUT2D eigenvalue weighted by molar-refractivity contribution is 0.435. The van der Waals surface area contributed by atoms with Gasteiger partial charge in [0.1, 0.15) is 11.2 Å². The average molecular weight is 742 g/mol. The van der Waals surface area contributed by atoms with Gasteiger partial charge < -0.3 is 9.32 Å². The summed E-state index contributed by atoms with van der Waals surface area (Å²) in [4.78, 5) is 2.63. The van der Waals surface area contributed by atoms with Crippen molar-refractivity contribution in [2.45, 2.75) is 95.3 Å². The standard InChI is InChI=1S/C55H51NO/c1-55(2)49-23-13-11-21-45(49)47-35-42(27-28-50(47)55)56(43-32-40(36-15-5-3-6-16-36)31-41(33-43)37-17-7-4-8-18-37)51-29-25-38-19-9-10-20-44(38)54(51)39-26-30-53-48(34-39)46-22-12-14-24-52(46)57-53/h9-14,19-37H,3-8,15-18H2,1-2H3. The van der Waals surface area contributed by atoms with Gasteiger partial charge in [0.25, 0.3) is 0 Å². The third kappa shape index (κ3) is 5.82. The molecule has 0 radical (unpaired) electrons. The quantitative estimate of drug-likeness (QED) is 0.169. The van der Waals surface area contributed by atoms with Gasteiger partial charge in [0.2, 0.25) is 0 Å². The third-order valence-corrected chi connectivity index (χ3v) is 14.0. The van der Waals surface area contributed by atoms with E-state index in [9.17, 15) is 0 Å². The predicted molar refractivity (Wildman–Crippen MR) is 241 cm³/mol. The highest BCUT2D eigenvalue weighted by molar-refractivity contribution is 6.10. The Morgan fingerprint density at radius 3 is 1.91 bits per heavy atom. The Labute approximate surface area is 337 Å². The maximum Gasteiger partial charge on any atom is 0.135 e. The van der Waals surface area contributed by atoms with Crippen molar-refractivity contribution >= 4 is 49.8 Å². The summed E-state index contributed by atoms with van der Waals surface area (Å²) in [6, 6.07) is 53.2. The molecule has 2 nitrogen and oxygen atoms in total. The molecule has 0 spiro atoms. The molecule has 282 valence electrons. The highest BCUT2D eigenvalue weighted by Gasteiger charge is 2.36. The van der Waals surface area contributed by atoms with Crippen molar-refractivity contribution in [3.05, 3.63) is 162 Å². The van der Waals surface area contributed by atoms with Crippen molar-refractivity contribution in [1.29, 1.82) is 0 Å². The van der Waals surface area contributed by atoms with Gasteiger partial charge in [-0.1, -0.05) is 143 Å². The van der Waals surface area contributed by atoms with Gasteiger partial charge in [-0.05, 0) is 136 Å². The van der Waals surface area contributed by atoms with Gasteiger partial charge in [-0.15, -0.1) is 0 Å². The van der Waals surface area contributed by atoms with Crippen LogP contribution in [0.25, 0.3) is 55.0 Å². The third-order valence-electron chi connectivity index (χ3n) is 14.0. The first-order valence-corrected chi connectivity index (χ1v) is 21.6. The minimum absolute atomic E-state index is 0.0543. The van der Waals surface area contributed by atoms with Crippen LogP contribution in [0, 0.1) is 0 Å². The number of nitrogens with zero attached hydrogens (tertiary/aromatic N) is 1. The first-order valence-electron chi connectivity index (χ1n) is 21.6. The second-order valence-corrected chi connectivity index (χ2v) is 17.8. The molecule has 0 aliphatic heterocycles. The molecule has 1 heterocycles. The Hall–Kier alpha value is -5.60. The van der Waals surface area contributed by atoms with E-state index >= 15 is 0 Å². The number of fused-ring (bicyclic) bond motifs is 7.